The Morgan fingerprint density at radius 3 is 2.76 bits per heavy atom. The molecule has 0 radical (unpaired) electrons. The lowest BCUT2D eigenvalue weighted by Crippen LogP contribution is -2.32. The van der Waals surface area contributed by atoms with Crippen molar-refractivity contribution in [2.75, 3.05) is 4.90 Å². The summed E-state index contributed by atoms with van der Waals surface area (Å²) in [4.78, 5) is 19.3. The van der Waals surface area contributed by atoms with Crippen LogP contribution in [-0.4, -0.2) is 28.1 Å². The first-order valence-corrected chi connectivity index (χ1v) is 6.84. The average Bonchev–Trinajstić information content (AvgIpc) is 2.91. The van der Waals surface area contributed by atoms with Crippen molar-refractivity contribution in [2.24, 2.45) is 5.92 Å². The highest BCUT2D eigenvalue weighted by Gasteiger charge is 2.50. The molecule has 0 saturated carbocycles. The molecule has 2 bridgehead atoms. The molecule has 2 fully saturated rings. The van der Waals surface area contributed by atoms with E-state index in [1.54, 1.807) is 11.3 Å². The highest BCUT2D eigenvalue weighted by Crippen LogP contribution is 2.45. The summed E-state index contributed by atoms with van der Waals surface area (Å²) < 4.78 is 0. The lowest BCUT2D eigenvalue weighted by molar-refractivity contribution is -0.142. The van der Waals surface area contributed by atoms with E-state index in [1.807, 2.05) is 6.92 Å². The zero-order chi connectivity index (χ0) is 12.2. The smallest absolute Gasteiger partial charge is 0.308 e. The molecule has 2 aliphatic heterocycles. The summed E-state index contributed by atoms with van der Waals surface area (Å²) >= 11 is 1.69. The van der Waals surface area contributed by atoms with Gasteiger partial charge < -0.3 is 10.0 Å². The summed E-state index contributed by atoms with van der Waals surface area (Å²) in [6, 6.07) is 0.563. The maximum atomic E-state index is 11.2. The molecular formula is C12H16N2O2S. The van der Waals surface area contributed by atoms with Crippen LogP contribution in [0.25, 0.3) is 0 Å². The van der Waals surface area contributed by atoms with Crippen molar-refractivity contribution in [3.05, 3.63) is 10.6 Å². The molecule has 4 nitrogen and oxygen atoms in total. The normalized spacial score (nSPS) is 31.2. The third-order valence-corrected chi connectivity index (χ3v) is 5.18. The van der Waals surface area contributed by atoms with Gasteiger partial charge in [0.15, 0.2) is 5.13 Å². The zero-order valence-electron chi connectivity index (χ0n) is 10.0. The predicted molar refractivity (Wildman–Crippen MR) is 66.6 cm³/mol. The van der Waals surface area contributed by atoms with Gasteiger partial charge >= 0.3 is 5.97 Å². The first-order chi connectivity index (χ1) is 8.08. The molecule has 3 heterocycles. The van der Waals surface area contributed by atoms with E-state index in [-0.39, 0.29) is 12.0 Å². The summed E-state index contributed by atoms with van der Waals surface area (Å²) in [5.41, 5.74) is 1.07. The molecule has 2 saturated heterocycles. The van der Waals surface area contributed by atoms with E-state index in [0.717, 1.165) is 30.1 Å². The van der Waals surface area contributed by atoms with Gasteiger partial charge in [-0.15, -0.1) is 11.3 Å². The van der Waals surface area contributed by atoms with Crippen molar-refractivity contribution in [3.63, 3.8) is 0 Å². The number of rotatable bonds is 2. The summed E-state index contributed by atoms with van der Waals surface area (Å²) in [6.07, 6.45) is 2.91. The van der Waals surface area contributed by atoms with Gasteiger partial charge in [0.25, 0.3) is 0 Å². The molecule has 3 rings (SSSR count). The maximum Gasteiger partial charge on any atom is 0.308 e. The number of nitrogens with zero attached hydrogens (tertiary/aromatic N) is 2. The van der Waals surface area contributed by atoms with E-state index in [2.05, 4.69) is 16.8 Å². The van der Waals surface area contributed by atoms with Crippen LogP contribution in [0.3, 0.4) is 0 Å². The van der Waals surface area contributed by atoms with Crippen LogP contribution in [0.2, 0.25) is 0 Å². The fourth-order valence-electron chi connectivity index (χ4n) is 3.12. The van der Waals surface area contributed by atoms with Gasteiger partial charge in [-0.05, 0) is 33.1 Å². The summed E-state index contributed by atoms with van der Waals surface area (Å²) in [6.45, 7) is 4.09. The van der Waals surface area contributed by atoms with Crippen LogP contribution >= 0.6 is 11.3 Å². The number of aryl methyl sites for hydroxylation is 2. The minimum absolute atomic E-state index is 0.169. The lowest BCUT2D eigenvalue weighted by atomic mass is 9.89. The van der Waals surface area contributed by atoms with Crippen molar-refractivity contribution in [3.8, 4) is 0 Å². The Kier molecular flexibility index (Phi) is 2.40. The van der Waals surface area contributed by atoms with E-state index >= 15 is 0 Å². The lowest BCUT2D eigenvalue weighted by Gasteiger charge is -2.21. The second-order valence-electron chi connectivity index (χ2n) is 5.02. The van der Waals surface area contributed by atoms with Crippen LogP contribution in [0.4, 0.5) is 5.13 Å². The van der Waals surface area contributed by atoms with Crippen molar-refractivity contribution >= 4 is 22.4 Å². The Balaban J connectivity index is 1.92. The van der Waals surface area contributed by atoms with Gasteiger partial charge in [-0.3, -0.25) is 4.79 Å². The fraction of sp³-hybridized carbons (Fsp3) is 0.667. The van der Waals surface area contributed by atoms with Crippen LogP contribution in [0.1, 0.15) is 29.8 Å². The van der Waals surface area contributed by atoms with E-state index in [9.17, 15) is 9.90 Å². The van der Waals surface area contributed by atoms with E-state index in [1.165, 1.54) is 4.88 Å². The third kappa shape index (κ3) is 1.56. The van der Waals surface area contributed by atoms with Crippen LogP contribution in [0.5, 0.6) is 0 Å². The number of carboxylic acid groups (broad SMARTS) is 1. The van der Waals surface area contributed by atoms with Gasteiger partial charge in [0.2, 0.25) is 0 Å². The Morgan fingerprint density at radius 1 is 1.47 bits per heavy atom. The van der Waals surface area contributed by atoms with Crippen molar-refractivity contribution in [1.82, 2.24) is 4.98 Å². The number of aromatic nitrogens is 1. The Hall–Kier alpha value is -1.10. The molecule has 3 unspecified atom stereocenters. The molecule has 17 heavy (non-hydrogen) atoms. The van der Waals surface area contributed by atoms with Crippen molar-refractivity contribution in [2.45, 2.75) is 45.2 Å². The monoisotopic (exact) mass is 252 g/mol. The molecule has 1 N–H and O–H groups in total. The van der Waals surface area contributed by atoms with Crippen LogP contribution < -0.4 is 4.90 Å². The van der Waals surface area contributed by atoms with Gasteiger partial charge in [0.1, 0.15) is 0 Å². The fourth-order valence-corrected chi connectivity index (χ4v) is 4.16. The number of fused-ring (bicyclic) bond motifs is 2. The van der Waals surface area contributed by atoms with Gasteiger partial charge in [-0.25, -0.2) is 4.98 Å². The molecule has 0 aliphatic carbocycles. The molecule has 2 aliphatic rings. The molecule has 0 spiro atoms. The van der Waals surface area contributed by atoms with Crippen LogP contribution in [-0.2, 0) is 4.79 Å². The molecule has 0 aromatic carbocycles. The SMILES string of the molecule is Cc1nc(N2C3CCC2C(C(=O)O)C3)sc1C. The molecule has 92 valence electrons. The first kappa shape index (κ1) is 11.0. The number of anilines is 1. The van der Waals surface area contributed by atoms with Crippen LogP contribution in [0.15, 0.2) is 0 Å². The number of thiazole rings is 1. The minimum Gasteiger partial charge on any atom is -0.481 e. The molecule has 0 amide bonds. The van der Waals surface area contributed by atoms with E-state index in [4.69, 9.17) is 0 Å². The summed E-state index contributed by atoms with van der Waals surface area (Å²) in [7, 11) is 0. The van der Waals surface area contributed by atoms with Crippen LogP contribution in [0, 0.1) is 19.8 Å². The standard InChI is InChI=1S/C12H16N2O2S/c1-6-7(2)17-12(13-6)14-8-3-4-10(14)9(5-8)11(15)16/h8-10H,3-5H2,1-2H3,(H,15,16). The Labute approximate surface area is 104 Å². The second kappa shape index (κ2) is 3.70. The molecule has 5 heteroatoms. The van der Waals surface area contributed by atoms with E-state index in [0.29, 0.717) is 6.04 Å². The number of hydrogen-bond donors (Lipinski definition) is 1. The zero-order valence-corrected chi connectivity index (χ0v) is 10.8. The Bertz CT molecular complexity index is 452. The third-order valence-electron chi connectivity index (χ3n) is 4.09. The molecule has 1 aromatic heterocycles. The van der Waals surface area contributed by atoms with Crippen molar-refractivity contribution < 1.29 is 9.90 Å². The number of carboxylic acids is 1. The van der Waals surface area contributed by atoms with Crippen molar-refractivity contribution in [1.29, 1.82) is 0 Å². The number of hydrogen-bond acceptors (Lipinski definition) is 4. The highest BCUT2D eigenvalue weighted by atomic mass is 32.1. The minimum atomic E-state index is -0.646. The molecular weight excluding hydrogens is 236 g/mol. The predicted octanol–water partition coefficient (Wildman–Crippen LogP) is 2.20. The largest absolute Gasteiger partial charge is 0.481 e. The maximum absolute atomic E-state index is 11.2. The van der Waals surface area contributed by atoms with Gasteiger partial charge in [0.05, 0.1) is 11.6 Å². The topological polar surface area (TPSA) is 53.4 Å². The molecule has 3 atom stereocenters. The summed E-state index contributed by atoms with van der Waals surface area (Å²) in [5, 5.41) is 10.2. The second-order valence-corrected chi connectivity index (χ2v) is 6.21. The molecule has 1 aromatic rings. The van der Waals surface area contributed by atoms with Gasteiger partial charge in [-0.1, -0.05) is 0 Å². The first-order valence-electron chi connectivity index (χ1n) is 6.03. The number of carbonyl (C=O) groups is 1. The highest BCUT2D eigenvalue weighted by molar-refractivity contribution is 7.15. The van der Waals surface area contributed by atoms with Gasteiger partial charge in [-0.2, -0.15) is 0 Å². The van der Waals surface area contributed by atoms with E-state index < -0.39 is 5.97 Å². The Morgan fingerprint density at radius 2 is 2.24 bits per heavy atom. The number of aliphatic carboxylic acids is 1. The quantitative estimate of drug-likeness (QED) is 0.876. The average molecular weight is 252 g/mol. The summed E-state index contributed by atoms with van der Waals surface area (Å²) in [5.74, 6) is -0.842. The van der Waals surface area contributed by atoms with Gasteiger partial charge in [0, 0.05) is 17.0 Å².